The third kappa shape index (κ3) is 3.76. The first-order valence-corrected chi connectivity index (χ1v) is 7.88. The lowest BCUT2D eigenvalue weighted by molar-refractivity contribution is -0.122. The number of rotatable bonds is 4. The quantitative estimate of drug-likeness (QED) is 0.837. The average molecular weight is 290 g/mol. The lowest BCUT2D eigenvalue weighted by atomic mass is 10.0. The van der Waals surface area contributed by atoms with Gasteiger partial charge in [-0.05, 0) is 69.5 Å². The largest absolute Gasteiger partial charge is 0.508 e. The number of anilines is 1. The molecule has 21 heavy (non-hydrogen) atoms. The molecule has 0 aliphatic carbocycles. The molecule has 1 atom stereocenters. The molecule has 1 saturated heterocycles. The zero-order valence-corrected chi connectivity index (χ0v) is 13.3. The van der Waals surface area contributed by atoms with Gasteiger partial charge in [-0.2, -0.15) is 0 Å². The van der Waals surface area contributed by atoms with Gasteiger partial charge < -0.3 is 10.4 Å². The van der Waals surface area contributed by atoms with Crippen molar-refractivity contribution in [1.82, 2.24) is 4.90 Å². The van der Waals surface area contributed by atoms with Crippen LogP contribution in [-0.2, 0) is 4.79 Å². The van der Waals surface area contributed by atoms with Gasteiger partial charge in [0.05, 0.1) is 6.04 Å². The molecule has 2 N–H and O–H groups in total. The van der Waals surface area contributed by atoms with Crippen molar-refractivity contribution in [2.45, 2.75) is 52.5 Å². The number of phenols is 1. The van der Waals surface area contributed by atoms with Crippen LogP contribution < -0.4 is 5.32 Å². The van der Waals surface area contributed by atoms with Crippen molar-refractivity contribution < 1.29 is 9.90 Å². The SMILES string of the molecule is CCCN1CCCC[C@@H]1C(=O)Nc1c(C)cc(O)cc1C. The standard InChI is InChI=1S/C17H26N2O2/c1-4-8-19-9-6-5-7-15(19)17(21)18-16-12(2)10-14(20)11-13(16)3/h10-11,15,20H,4-9H2,1-3H3,(H,18,21)/t15-/m1/s1. The van der Waals surface area contributed by atoms with E-state index in [0.29, 0.717) is 0 Å². The van der Waals surface area contributed by atoms with Crippen molar-refractivity contribution in [3.8, 4) is 5.75 Å². The summed E-state index contributed by atoms with van der Waals surface area (Å²) in [4.78, 5) is 14.9. The summed E-state index contributed by atoms with van der Waals surface area (Å²) in [5.41, 5.74) is 2.64. The minimum atomic E-state index is -0.0219. The number of piperidine rings is 1. The lowest BCUT2D eigenvalue weighted by Gasteiger charge is -2.34. The molecule has 1 aromatic rings. The van der Waals surface area contributed by atoms with Gasteiger partial charge >= 0.3 is 0 Å². The molecule has 1 fully saturated rings. The molecule has 0 aromatic heterocycles. The molecule has 4 nitrogen and oxygen atoms in total. The highest BCUT2D eigenvalue weighted by Gasteiger charge is 2.28. The molecule has 0 unspecified atom stereocenters. The Kier molecular flexibility index (Phi) is 5.23. The van der Waals surface area contributed by atoms with Crippen molar-refractivity contribution in [2.24, 2.45) is 0 Å². The van der Waals surface area contributed by atoms with E-state index in [-0.39, 0.29) is 17.7 Å². The van der Waals surface area contributed by atoms with Crippen molar-refractivity contribution in [1.29, 1.82) is 0 Å². The topological polar surface area (TPSA) is 52.6 Å². The van der Waals surface area contributed by atoms with E-state index in [1.807, 2.05) is 13.8 Å². The third-order valence-electron chi connectivity index (χ3n) is 4.19. The molecule has 1 aliphatic heterocycles. The number of carbonyl (C=O) groups excluding carboxylic acids is 1. The number of hydrogen-bond acceptors (Lipinski definition) is 3. The summed E-state index contributed by atoms with van der Waals surface area (Å²) in [5.74, 6) is 0.327. The molecule has 1 aromatic carbocycles. The average Bonchev–Trinajstić information content (AvgIpc) is 2.43. The molecular weight excluding hydrogens is 264 g/mol. The van der Waals surface area contributed by atoms with E-state index in [2.05, 4.69) is 17.1 Å². The Morgan fingerprint density at radius 1 is 1.33 bits per heavy atom. The number of benzene rings is 1. The minimum Gasteiger partial charge on any atom is -0.508 e. The summed E-state index contributed by atoms with van der Waals surface area (Å²) in [6.07, 6.45) is 4.30. The van der Waals surface area contributed by atoms with Crippen LogP contribution in [0.3, 0.4) is 0 Å². The van der Waals surface area contributed by atoms with Crippen LogP contribution in [-0.4, -0.2) is 35.0 Å². The van der Waals surface area contributed by atoms with Crippen molar-refractivity contribution in [3.63, 3.8) is 0 Å². The maximum atomic E-state index is 12.6. The Labute approximate surface area is 127 Å². The van der Waals surface area contributed by atoms with Crippen molar-refractivity contribution >= 4 is 11.6 Å². The van der Waals surface area contributed by atoms with Crippen LogP contribution in [0.2, 0.25) is 0 Å². The van der Waals surface area contributed by atoms with Crippen LogP contribution in [0.25, 0.3) is 0 Å². The molecule has 1 aliphatic rings. The van der Waals surface area contributed by atoms with E-state index in [9.17, 15) is 9.90 Å². The van der Waals surface area contributed by atoms with Gasteiger partial charge in [0.2, 0.25) is 5.91 Å². The number of nitrogens with zero attached hydrogens (tertiary/aromatic N) is 1. The zero-order chi connectivity index (χ0) is 15.4. The lowest BCUT2D eigenvalue weighted by Crippen LogP contribution is -2.47. The number of carbonyl (C=O) groups is 1. The van der Waals surface area contributed by atoms with E-state index in [4.69, 9.17) is 0 Å². The second-order valence-electron chi connectivity index (χ2n) is 5.99. The van der Waals surface area contributed by atoms with E-state index >= 15 is 0 Å². The summed E-state index contributed by atoms with van der Waals surface area (Å²) in [7, 11) is 0. The molecule has 0 radical (unpaired) electrons. The fraction of sp³-hybridized carbons (Fsp3) is 0.588. The van der Waals surface area contributed by atoms with Gasteiger partial charge in [0.25, 0.3) is 0 Å². The summed E-state index contributed by atoms with van der Waals surface area (Å²) in [6, 6.07) is 3.35. The molecule has 0 spiro atoms. The third-order valence-corrected chi connectivity index (χ3v) is 4.19. The Hall–Kier alpha value is -1.55. The van der Waals surface area contributed by atoms with Gasteiger partial charge in [-0.3, -0.25) is 9.69 Å². The molecule has 116 valence electrons. The molecule has 1 heterocycles. The number of amides is 1. The first kappa shape index (κ1) is 15.8. The molecule has 0 saturated carbocycles. The monoisotopic (exact) mass is 290 g/mol. The summed E-state index contributed by atoms with van der Waals surface area (Å²) >= 11 is 0. The number of hydrogen-bond donors (Lipinski definition) is 2. The van der Waals surface area contributed by atoms with Gasteiger partial charge in [0, 0.05) is 5.69 Å². The Bertz CT molecular complexity index is 489. The highest BCUT2D eigenvalue weighted by Crippen LogP contribution is 2.27. The van der Waals surface area contributed by atoms with E-state index in [0.717, 1.165) is 49.2 Å². The molecular formula is C17H26N2O2. The molecule has 4 heteroatoms. The first-order chi connectivity index (χ1) is 10.0. The predicted octanol–water partition coefficient (Wildman–Crippen LogP) is 3.21. The highest BCUT2D eigenvalue weighted by molar-refractivity contribution is 5.96. The van der Waals surface area contributed by atoms with E-state index < -0.39 is 0 Å². The number of nitrogens with one attached hydrogen (secondary N) is 1. The van der Waals surface area contributed by atoms with Crippen LogP contribution in [0.1, 0.15) is 43.7 Å². The number of aromatic hydroxyl groups is 1. The van der Waals surface area contributed by atoms with Gasteiger partial charge in [-0.1, -0.05) is 13.3 Å². The molecule has 1 amide bonds. The van der Waals surface area contributed by atoms with Crippen LogP contribution in [0.15, 0.2) is 12.1 Å². The zero-order valence-electron chi connectivity index (χ0n) is 13.3. The van der Waals surface area contributed by atoms with Gasteiger partial charge in [-0.15, -0.1) is 0 Å². The molecule has 2 rings (SSSR count). The van der Waals surface area contributed by atoms with E-state index in [1.54, 1.807) is 12.1 Å². The van der Waals surface area contributed by atoms with Gasteiger partial charge in [0.1, 0.15) is 5.75 Å². The Morgan fingerprint density at radius 2 is 2.00 bits per heavy atom. The summed E-state index contributed by atoms with van der Waals surface area (Å²) in [6.45, 7) is 7.96. The minimum absolute atomic E-state index is 0.0219. The summed E-state index contributed by atoms with van der Waals surface area (Å²) < 4.78 is 0. The second kappa shape index (κ2) is 6.94. The second-order valence-corrected chi connectivity index (χ2v) is 5.99. The number of likely N-dealkylation sites (tertiary alicyclic amines) is 1. The molecule has 0 bridgehead atoms. The van der Waals surface area contributed by atoms with E-state index in [1.165, 1.54) is 6.42 Å². The highest BCUT2D eigenvalue weighted by atomic mass is 16.3. The van der Waals surface area contributed by atoms with Crippen molar-refractivity contribution in [2.75, 3.05) is 18.4 Å². The van der Waals surface area contributed by atoms with Crippen LogP contribution in [0.4, 0.5) is 5.69 Å². The predicted molar refractivity (Wildman–Crippen MR) is 85.7 cm³/mol. The fourth-order valence-corrected chi connectivity index (χ4v) is 3.19. The fourth-order valence-electron chi connectivity index (χ4n) is 3.19. The smallest absolute Gasteiger partial charge is 0.241 e. The normalized spacial score (nSPS) is 19.5. The summed E-state index contributed by atoms with van der Waals surface area (Å²) in [5, 5.41) is 12.7. The van der Waals surface area contributed by atoms with Gasteiger partial charge in [-0.25, -0.2) is 0 Å². The maximum absolute atomic E-state index is 12.6. The maximum Gasteiger partial charge on any atom is 0.241 e. The van der Waals surface area contributed by atoms with Crippen LogP contribution >= 0.6 is 0 Å². The number of aryl methyl sites for hydroxylation is 2. The number of phenolic OH excluding ortho intramolecular Hbond substituents is 1. The Morgan fingerprint density at radius 3 is 2.62 bits per heavy atom. The van der Waals surface area contributed by atoms with Gasteiger partial charge in [0.15, 0.2) is 0 Å². The Balaban J connectivity index is 2.13. The van der Waals surface area contributed by atoms with Crippen molar-refractivity contribution in [3.05, 3.63) is 23.3 Å². The van der Waals surface area contributed by atoms with Crippen LogP contribution in [0.5, 0.6) is 5.75 Å². The van der Waals surface area contributed by atoms with Crippen LogP contribution in [0, 0.1) is 13.8 Å². The first-order valence-electron chi connectivity index (χ1n) is 7.88.